The molecule has 0 radical (unpaired) electrons. The monoisotopic (exact) mass is 354 g/mol. The summed E-state index contributed by atoms with van der Waals surface area (Å²) in [7, 11) is 0. The number of benzene rings is 2. The quantitative estimate of drug-likeness (QED) is 0.560. The highest BCUT2D eigenvalue weighted by atomic mass is 79.9. The fourth-order valence-corrected chi connectivity index (χ4v) is 2.34. The van der Waals surface area contributed by atoms with Crippen LogP contribution in [0.3, 0.4) is 0 Å². The van der Waals surface area contributed by atoms with Crippen LogP contribution in [0.4, 0.5) is 0 Å². The molecule has 0 unspecified atom stereocenters. The predicted octanol–water partition coefficient (Wildman–Crippen LogP) is 6.73. The van der Waals surface area contributed by atoms with E-state index in [1.807, 2.05) is 30.3 Å². The molecule has 0 aliphatic rings. The standard InChI is InChI=1S/C8H7Br.C8H6Cl2/c1-2-7-5-3-4-6-8(7)9;1-2-6-7(9)4-3-5-8(6)10/h2-6H,1H2;2-5H,1H2. The van der Waals surface area contributed by atoms with Crippen molar-refractivity contribution in [2.75, 3.05) is 0 Å². The van der Waals surface area contributed by atoms with E-state index in [0.29, 0.717) is 10.0 Å². The molecule has 2 aromatic rings. The van der Waals surface area contributed by atoms with Gasteiger partial charge in [-0.15, -0.1) is 0 Å². The summed E-state index contributed by atoms with van der Waals surface area (Å²) >= 11 is 14.9. The van der Waals surface area contributed by atoms with Crippen molar-refractivity contribution in [2.24, 2.45) is 0 Å². The zero-order chi connectivity index (χ0) is 14.3. The topological polar surface area (TPSA) is 0 Å². The normalized spacial score (nSPS) is 9.21. The molecule has 0 nitrogen and oxygen atoms in total. The van der Waals surface area contributed by atoms with Gasteiger partial charge in [0.05, 0.1) is 0 Å². The summed E-state index contributed by atoms with van der Waals surface area (Å²) in [6, 6.07) is 13.3. The average molecular weight is 356 g/mol. The minimum Gasteiger partial charge on any atom is -0.0984 e. The minimum atomic E-state index is 0.641. The third-order valence-corrected chi connectivity index (χ3v) is 3.71. The van der Waals surface area contributed by atoms with E-state index in [1.165, 1.54) is 0 Å². The zero-order valence-electron chi connectivity index (χ0n) is 10.2. The molecule has 0 bridgehead atoms. The van der Waals surface area contributed by atoms with E-state index in [9.17, 15) is 0 Å². The summed E-state index contributed by atoms with van der Waals surface area (Å²) in [5.74, 6) is 0. The summed E-state index contributed by atoms with van der Waals surface area (Å²) in [4.78, 5) is 0. The van der Waals surface area contributed by atoms with Crippen molar-refractivity contribution >= 4 is 51.3 Å². The zero-order valence-corrected chi connectivity index (χ0v) is 13.3. The van der Waals surface area contributed by atoms with E-state index in [2.05, 4.69) is 29.1 Å². The maximum Gasteiger partial charge on any atom is 0.0493 e. The second-order valence-electron chi connectivity index (χ2n) is 3.57. The molecular formula is C16H13BrCl2. The number of hydrogen-bond acceptors (Lipinski definition) is 0. The van der Waals surface area contributed by atoms with Gasteiger partial charge >= 0.3 is 0 Å². The Morgan fingerprint density at radius 1 is 0.842 bits per heavy atom. The van der Waals surface area contributed by atoms with Crippen LogP contribution < -0.4 is 0 Å². The van der Waals surface area contributed by atoms with Crippen LogP contribution in [0.1, 0.15) is 11.1 Å². The Bertz CT molecular complexity index is 556. The second-order valence-corrected chi connectivity index (χ2v) is 5.23. The molecule has 2 rings (SSSR count). The maximum atomic E-state index is 5.77. The molecule has 0 amide bonds. The van der Waals surface area contributed by atoms with Crippen LogP contribution in [0, 0.1) is 0 Å². The number of hydrogen-bond donors (Lipinski definition) is 0. The first-order chi connectivity index (χ1) is 9.10. The van der Waals surface area contributed by atoms with Gasteiger partial charge in [0.15, 0.2) is 0 Å². The lowest BCUT2D eigenvalue weighted by atomic mass is 10.2. The summed E-state index contributed by atoms with van der Waals surface area (Å²) in [6.45, 7) is 7.25. The second kappa shape index (κ2) is 8.21. The third kappa shape index (κ3) is 4.87. The summed E-state index contributed by atoms with van der Waals surface area (Å²) in [6.07, 6.45) is 3.47. The molecule has 0 aliphatic carbocycles. The van der Waals surface area contributed by atoms with Gasteiger partial charge in [0, 0.05) is 20.1 Å². The molecule has 0 atom stereocenters. The maximum absolute atomic E-state index is 5.77. The lowest BCUT2D eigenvalue weighted by Crippen LogP contribution is -1.74. The van der Waals surface area contributed by atoms with Gasteiger partial charge in [-0.2, -0.15) is 0 Å². The Labute approximate surface area is 132 Å². The van der Waals surface area contributed by atoms with E-state index >= 15 is 0 Å². The highest BCUT2D eigenvalue weighted by Crippen LogP contribution is 2.24. The molecule has 0 aromatic heterocycles. The Balaban J connectivity index is 0.000000191. The molecule has 0 N–H and O–H groups in total. The molecular weight excluding hydrogens is 343 g/mol. The molecule has 0 saturated heterocycles. The lowest BCUT2D eigenvalue weighted by Gasteiger charge is -1.98. The van der Waals surface area contributed by atoms with Crippen molar-refractivity contribution in [1.29, 1.82) is 0 Å². The smallest absolute Gasteiger partial charge is 0.0493 e. The van der Waals surface area contributed by atoms with Crippen molar-refractivity contribution in [3.8, 4) is 0 Å². The van der Waals surface area contributed by atoms with E-state index in [-0.39, 0.29) is 0 Å². The van der Waals surface area contributed by atoms with E-state index in [1.54, 1.807) is 24.3 Å². The minimum absolute atomic E-state index is 0.641. The van der Waals surface area contributed by atoms with Crippen LogP contribution in [0.15, 0.2) is 60.1 Å². The Morgan fingerprint density at radius 2 is 1.42 bits per heavy atom. The van der Waals surface area contributed by atoms with Crippen molar-refractivity contribution < 1.29 is 0 Å². The van der Waals surface area contributed by atoms with Gasteiger partial charge in [-0.25, -0.2) is 0 Å². The first-order valence-electron chi connectivity index (χ1n) is 5.53. The SMILES string of the molecule is C=Cc1c(Cl)cccc1Cl.C=Cc1ccccc1Br. The molecule has 0 heterocycles. The van der Waals surface area contributed by atoms with Gasteiger partial charge in [-0.05, 0) is 23.8 Å². The van der Waals surface area contributed by atoms with Crippen LogP contribution in [0.5, 0.6) is 0 Å². The Morgan fingerprint density at radius 3 is 1.79 bits per heavy atom. The molecule has 3 heteroatoms. The van der Waals surface area contributed by atoms with Gasteiger partial charge in [-0.3, -0.25) is 0 Å². The summed E-state index contributed by atoms with van der Waals surface area (Å²) in [5.41, 5.74) is 1.93. The molecule has 0 fully saturated rings. The molecule has 19 heavy (non-hydrogen) atoms. The largest absolute Gasteiger partial charge is 0.0984 e. The van der Waals surface area contributed by atoms with E-state index in [4.69, 9.17) is 23.2 Å². The van der Waals surface area contributed by atoms with Gasteiger partial charge in [0.1, 0.15) is 0 Å². The van der Waals surface area contributed by atoms with Crippen LogP contribution in [-0.2, 0) is 0 Å². The number of halogens is 3. The van der Waals surface area contributed by atoms with Crippen molar-refractivity contribution in [3.05, 3.63) is 81.3 Å². The molecule has 0 spiro atoms. The van der Waals surface area contributed by atoms with E-state index < -0.39 is 0 Å². The Hall–Kier alpha value is -1.02. The Kier molecular flexibility index (Phi) is 6.93. The van der Waals surface area contributed by atoms with Crippen LogP contribution in [-0.4, -0.2) is 0 Å². The van der Waals surface area contributed by atoms with Gasteiger partial charge in [-0.1, -0.05) is 88.7 Å². The molecule has 0 aliphatic heterocycles. The predicted molar refractivity (Wildman–Crippen MR) is 90.8 cm³/mol. The van der Waals surface area contributed by atoms with Gasteiger partial charge in [0.25, 0.3) is 0 Å². The summed E-state index contributed by atoms with van der Waals surface area (Å²) < 4.78 is 1.10. The lowest BCUT2D eigenvalue weighted by molar-refractivity contribution is 1.61. The van der Waals surface area contributed by atoms with Crippen molar-refractivity contribution in [1.82, 2.24) is 0 Å². The average Bonchev–Trinajstić information content (AvgIpc) is 2.40. The molecule has 98 valence electrons. The number of rotatable bonds is 2. The molecule has 2 aromatic carbocycles. The first-order valence-corrected chi connectivity index (χ1v) is 7.08. The highest BCUT2D eigenvalue weighted by molar-refractivity contribution is 9.10. The van der Waals surface area contributed by atoms with Gasteiger partial charge < -0.3 is 0 Å². The van der Waals surface area contributed by atoms with Gasteiger partial charge in [0.2, 0.25) is 0 Å². The van der Waals surface area contributed by atoms with E-state index in [0.717, 1.165) is 15.6 Å². The van der Waals surface area contributed by atoms with Crippen molar-refractivity contribution in [2.45, 2.75) is 0 Å². The third-order valence-electron chi connectivity index (χ3n) is 2.33. The van der Waals surface area contributed by atoms with Crippen LogP contribution in [0.2, 0.25) is 10.0 Å². The fraction of sp³-hybridized carbons (Fsp3) is 0. The summed E-state index contributed by atoms with van der Waals surface area (Å²) in [5, 5.41) is 1.28. The van der Waals surface area contributed by atoms with Crippen LogP contribution in [0.25, 0.3) is 12.2 Å². The van der Waals surface area contributed by atoms with Crippen LogP contribution >= 0.6 is 39.1 Å². The molecule has 0 saturated carbocycles. The first kappa shape index (κ1) is 16.0. The fourth-order valence-electron chi connectivity index (χ4n) is 1.35. The highest BCUT2D eigenvalue weighted by Gasteiger charge is 1.98. The van der Waals surface area contributed by atoms with Crippen molar-refractivity contribution in [3.63, 3.8) is 0 Å².